The standard InChI is InChI=1S/C7H6BrNO3S/c8-7(9-10)13(11,12)6-4-2-1-3-5-6/h1-5,10H. The minimum absolute atomic E-state index is 0.0830. The van der Waals surface area contributed by atoms with Crippen molar-refractivity contribution in [1.82, 2.24) is 0 Å². The molecule has 0 heterocycles. The molecule has 0 aromatic heterocycles. The topological polar surface area (TPSA) is 66.7 Å². The van der Waals surface area contributed by atoms with Crippen molar-refractivity contribution >= 4 is 29.7 Å². The van der Waals surface area contributed by atoms with Crippen molar-refractivity contribution in [3.63, 3.8) is 0 Å². The lowest BCUT2D eigenvalue weighted by molar-refractivity contribution is 0.322. The van der Waals surface area contributed by atoms with E-state index in [1.807, 2.05) is 0 Å². The van der Waals surface area contributed by atoms with E-state index < -0.39 is 13.8 Å². The minimum atomic E-state index is -3.67. The molecule has 6 heteroatoms. The summed E-state index contributed by atoms with van der Waals surface area (Å²) in [6.45, 7) is 0. The molecule has 1 rings (SSSR count). The van der Waals surface area contributed by atoms with E-state index >= 15 is 0 Å². The Morgan fingerprint density at radius 2 is 1.85 bits per heavy atom. The number of halogens is 1. The van der Waals surface area contributed by atoms with Crippen LogP contribution in [0.4, 0.5) is 0 Å². The average Bonchev–Trinajstić information content (AvgIpc) is 2.18. The zero-order valence-corrected chi connectivity index (χ0v) is 8.79. The predicted molar refractivity (Wildman–Crippen MR) is 51.8 cm³/mol. The molecular formula is C7H6BrNO3S. The quantitative estimate of drug-likeness (QED) is 0.362. The molecule has 0 bridgehead atoms. The highest BCUT2D eigenvalue weighted by atomic mass is 79.9. The Hall–Kier alpha value is -0.880. The molecule has 0 unspecified atom stereocenters. The summed E-state index contributed by atoms with van der Waals surface area (Å²) in [5.74, 6) is 0. The Bertz CT molecular complexity index is 413. The highest BCUT2D eigenvalue weighted by Gasteiger charge is 2.19. The van der Waals surface area contributed by atoms with Crippen LogP contribution in [0.25, 0.3) is 0 Å². The van der Waals surface area contributed by atoms with Crippen LogP contribution in [0, 0.1) is 0 Å². The van der Waals surface area contributed by atoms with Gasteiger partial charge in [-0.05, 0) is 28.1 Å². The first-order chi connectivity index (χ1) is 6.09. The summed E-state index contributed by atoms with van der Waals surface area (Å²) in [4.78, 5) is 0.0830. The van der Waals surface area contributed by atoms with Crippen LogP contribution >= 0.6 is 15.9 Å². The fraction of sp³-hybridized carbons (Fsp3) is 0. The van der Waals surface area contributed by atoms with Crippen LogP contribution in [-0.4, -0.2) is 17.6 Å². The van der Waals surface area contributed by atoms with Gasteiger partial charge in [0.05, 0.1) is 4.90 Å². The maximum absolute atomic E-state index is 11.4. The van der Waals surface area contributed by atoms with Gasteiger partial charge in [-0.25, -0.2) is 8.42 Å². The second kappa shape index (κ2) is 3.89. The lowest BCUT2D eigenvalue weighted by atomic mass is 10.4. The Labute approximate surface area is 83.9 Å². The van der Waals surface area contributed by atoms with Crippen LogP contribution in [0.5, 0.6) is 0 Å². The van der Waals surface area contributed by atoms with E-state index in [-0.39, 0.29) is 4.90 Å². The summed E-state index contributed by atoms with van der Waals surface area (Å²) in [5.41, 5.74) is 0. The summed E-state index contributed by atoms with van der Waals surface area (Å²) >= 11 is 2.65. The fourth-order valence-corrected chi connectivity index (χ4v) is 2.13. The van der Waals surface area contributed by atoms with Crippen LogP contribution in [0.3, 0.4) is 0 Å². The molecule has 70 valence electrons. The summed E-state index contributed by atoms with van der Waals surface area (Å²) in [6.07, 6.45) is 0. The molecule has 0 amide bonds. The van der Waals surface area contributed by atoms with Crippen molar-refractivity contribution in [2.45, 2.75) is 4.90 Å². The van der Waals surface area contributed by atoms with Crippen LogP contribution in [0.15, 0.2) is 40.4 Å². The van der Waals surface area contributed by atoms with Crippen molar-refractivity contribution in [3.8, 4) is 0 Å². The third-order valence-electron chi connectivity index (χ3n) is 1.35. The zero-order valence-electron chi connectivity index (χ0n) is 6.38. The van der Waals surface area contributed by atoms with Gasteiger partial charge in [0.1, 0.15) is 0 Å². The molecule has 0 aliphatic rings. The summed E-state index contributed by atoms with van der Waals surface area (Å²) in [7, 11) is -3.67. The minimum Gasteiger partial charge on any atom is -0.409 e. The maximum atomic E-state index is 11.4. The number of oxime groups is 1. The van der Waals surface area contributed by atoms with Gasteiger partial charge in [0.2, 0.25) is 13.8 Å². The molecule has 13 heavy (non-hydrogen) atoms. The molecule has 1 aromatic carbocycles. The van der Waals surface area contributed by atoms with E-state index in [9.17, 15) is 8.42 Å². The van der Waals surface area contributed by atoms with Crippen molar-refractivity contribution in [2.75, 3.05) is 0 Å². The Balaban J connectivity index is 3.25. The van der Waals surface area contributed by atoms with Gasteiger partial charge in [0.15, 0.2) is 0 Å². The van der Waals surface area contributed by atoms with Gasteiger partial charge in [0, 0.05) is 0 Å². The average molecular weight is 264 g/mol. The Morgan fingerprint density at radius 1 is 1.31 bits per heavy atom. The summed E-state index contributed by atoms with van der Waals surface area (Å²) < 4.78 is 22.4. The smallest absolute Gasteiger partial charge is 0.241 e. The Morgan fingerprint density at radius 3 is 2.31 bits per heavy atom. The van der Waals surface area contributed by atoms with Crippen LogP contribution in [-0.2, 0) is 9.84 Å². The largest absolute Gasteiger partial charge is 0.409 e. The fourth-order valence-electron chi connectivity index (χ4n) is 0.751. The molecule has 0 aliphatic heterocycles. The highest BCUT2D eigenvalue weighted by molar-refractivity contribution is 9.21. The normalized spacial score (nSPS) is 12.8. The van der Waals surface area contributed by atoms with Gasteiger partial charge in [0.25, 0.3) is 0 Å². The first-order valence-corrected chi connectivity index (χ1v) is 5.54. The molecule has 0 atom stereocenters. The molecular weight excluding hydrogens is 258 g/mol. The van der Waals surface area contributed by atoms with E-state index in [1.165, 1.54) is 12.1 Å². The van der Waals surface area contributed by atoms with Crippen molar-refractivity contribution in [3.05, 3.63) is 30.3 Å². The molecule has 1 aromatic rings. The van der Waals surface area contributed by atoms with Crippen LogP contribution in [0.1, 0.15) is 0 Å². The lowest BCUT2D eigenvalue weighted by Crippen LogP contribution is -2.08. The zero-order chi connectivity index (χ0) is 9.90. The van der Waals surface area contributed by atoms with Crippen molar-refractivity contribution in [1.29, 1.82) is 0 Å². The first-order valence-electron chi connectivity index (χ1n) is 3.26. The van der Waals surface area contributed by atoms with Gasteiger partial charge in [-0.15, -0.1) is 0 Å². The SMILES string of the molecule is O=S(=O)(C(Br)=NO)c1ccccc1. The van der Waals surface area contributed by atoms with E-state index in [2.05, 4.69) is 21.1 Å². The van der Waals surface area contributed by atoms with Gasteiger partial charge in [-0.3, -0.25) is 0 Å². The molecule has 0 aliphatic carbocycles. The first kappa shape index (κ1) is 10.2. The molecule has 4 nitrogen and oxygen atoms in total. The second-order valence-corrected chi connectivity index (χ2v) is 5.31. The van der Waals surface area contributed by atoms with Gasteiger partial charge < -0.3 is 5.21 Å². The monoisotopic (exact) mass is 263 g/mol. The summed E-state index contributed by atoms with van der Waals surface area (Å²) in [6, 6.07) is 7.71. The van der Waals surface area contributed by atoms with E-state index in [4.69, 9.17) is 5.21 Å². The molecule has 0 fully saturated rings. The van der Waals surface area contributed by atoms with Crippen LogP contribution in [0.2, 0.25) is 0 Å². The maximum Gasteiger partial charge on any atom is 0.241 e. The number of sulfone groups is 1. The van der Waals surface area contributed by atoms with Crippen LogP contribution < -0.4 is 0 Å². The number of benzene rings is 1. The Kier molecular flexibility index (Phi) is 3.05. The number of rotatable bonds is 1. The van der Waals surface area contributed by atoms with Gasteiger partial charge in [-0.1, -0.05) is 23.4 Å². The van der Waals surface area contributed by atoms with E-state index in [1.54, 1.807) is 18.2 Å². The lowest BCUT2D eigenvalue weighted by Gasteiger charge is -1.98. The third kappa shape index (κ3) is 2.07. The van der Waals surface area contributed by atoms with E-state index in [0.717, 1.165) is 0 Å². The van der Waals surface area contributed by atoms with Gasteiger partial charge >= 0.3 is 0 Å². The van der Waals surface area contributed by atoms with Gasteiger partial charge in [-0.2, -0.15) is 0 Å². The number of hydrogen-bond donors (Lipinski definition) is 1. The van der Waals surface area contributed by atoms with Crippen molar-refractivity contribution < 1.29 is 13.6 Å². The van der Waals surface area contributed by atoms with E-state index in [0.29, 0.717) is 0 Å². The molecule has 1 N–H and O–H groups in total. The predicted octanol–water partition coefficient (Wildman–Crippen LogP) is 1.60. The highest BCUT2D eigenvalue weighted by Crippen LogP contribution is 2.14. The number of hydrogen-bond acceptors (Lipinski definition) is 4. The molecule has 0 saturated heterocycles. The summed E-state index contributed by atoms with van der Waals surface area (Å²) in [5, 5.41) is 10.9. The molecule has 0 saturated carbocycles. The molecule has 0 spiro atoms. The third-order valence-corrected chi connectivity index (χ3v) is 4.21. The second-order valence-electron chi connectivity index (χ2n) is 2.17. The number of nitrogens with zero attached hydrogens (tertiary/aromatic N) is 1. The van der Waals surface area contributed by atoms with Crippen molar-refractivity contribution in [2.24, 2.45) is 5.16 Å². The molecule has 0 radical (unpaired) electrons.